The van der Waals surface area contributed by atoms with E-state index in [-0.39, 0.29) is 17.8 Å². The van der Waals surface area contributed by atoms with E-state index in [1.54, 1.807) is 4.90 Å². The topological polar surface area (TPSA) is 61.4 Å². The van der Waals surface area contributed by atoms with E-state index in [9.17, 15) is 18.4 Å². The maximum Gasteiger partial charge on any atom is 0.319 e. The van der Waals surface area contributed by atoms with Crippen LogP contribution in [0.15, 0.2) is 48.5 Å². The summed E-state index contributed by atoms with van der Waals surface area (Å²) in [4.78, 5) is 26.2. The van der Waals surface area contributed by atoms with Crippen LogP contribution in [0.3, 0.4) is 0 Å². The molecule has 3 rings (SSSR count). The van der Waals surface area contributed by atoms with Crippen molar-refractivity contribution in [2.24, 2.45) is 0 Å². The monoisotopic (exact) mass is 359 g/mol. The number of anilines is 1. The van der Waals surface area contributed by atoms with Gasteiger partial charge in [0.15, 0.2) is 0 Å². The average Bonchev–Trinajstić information content (AvgIpc) is 2.64. The van der Waals surface area contributed by atoms with E-state index in [0.717, 1.165) is 12.8 Å². The molecule has 0 bridgehead atoms. The molecule has 1 aliphatic heterocycles. The van der Waals surface area contributed by atoms with E-state index in [4.69, 9.17) is 0 Å². The van der Waals surface area contributed by atoms with E-state index >= 15 is 0 Å². The van der Waals surface area contributed by atoms with Crippen molar-refractivity contribution < 1.29 is 18.4 Å². The lowest BCUT2D eigenvalue weighted by molar-refractivity contribution is 0.0698. The van der Waals surface area contributed by atoms with Crippen LogP contribution in [0.2, 0.25) is 0 Å². The molecule has 0 aromatic heterocycles. The van der Waals surface area contributed by atoms with E-state index in [2.05, 4.69) is 10.6 Å². The highest BCUT2D eigenvalue weighted by molar-refractivity contribution is 5.94. The van der Waals surface area contributed by atoms with Crippen LogP contribution in [0, 0.1) is 11.6 Å². The summed E-state index contributed by atoms with van der Waals surface area (Å²) in [5.74, 6) is -0.953. The first-order valence-electron chi connectivity index (χ1n) is 8.39. The number of halogens is 2. The number of benzene rings is 2. The summed E-state index contributed by atoms with van der Waals surface area (Å²) < 4.78 is 25.9. The summed E-state index contributed by atoms with van der Waals surface area (Å²) in [5.41, 5.74) is 0.904. The fourth-order valence-electron chi connectivity index (χ4n) is 2.94. The number of hydrogen-bond donors (Lipinski definition) is 2. The van der Waals surface area contributed by atoms with E-state index in [0.29, 0.717) is 24.3 Å². The third kappa shape index (κ3) is 4.56. The van der Waals surface area contributed by atoms with E-state index < -0.39 is 11.8 Å². The minimum atomic E-state index is -0.405. The first-order valence-corrected chi connectivity index (χ1v) is 8.39. The van der Waals surface area contributed by atoms with Gasteiger partial charge in [-0.3, -0.25) is 4.79 Å². The number of hydrogen-bond acceptors (Lipinski definition) is 2. The van der Waals surface area contributed by atoms with Crippen molar-refractivity contribution in [1.82, 2.24) is 10.2 Å². The molecule has 26 heavy (non-hydrogen) atoms. The SMILES string of the molecule is O=C(Nc1ccc(F)cc1)NC1CCCN(C(=O)c2ccc(F)cc2)C1. The Morgan fingerprint density at radius 1 is 0.962 bits per heavy atom. The summed E-state index contributed by atoms with van der Waals surface area (Å²) >= 11 is 0. The highest BCUT2D eigenvalue weighted by atomic mass is 19.1. The zero-order valence-electron chi connectivity index (χ0n) is 14.0. The van der Waals surface area contributed by atoms with Gasteiger partial charge in [-0.25, -0.2) is 13.6 Å². The first-order chi connectivity index (χ1) is 12.5. The number of rotatable bonds is 3. The minimum absolute atomic E-state index is 0.185. The van der Waals surface area contributed by atoms with Crippen molar-refractivity contribution >= 4 is 17.6 Å². The molecular formula is C19H19F2N3O2. The van der Waals surface area contributed by atoms with Gasteiger partial charge in [-0.05, 0) is 61.4 Å². The lowest BCUT2D eigenvalue weighted by Gasteiger charge is -2.33. The van der Waals surface area contributed by atoms with Crippen LogP contribution in [0.5, 0.6) is 0 Å². The zero-order valence-corrected chi connectivity index (χ0v) is 14.0. The molecule has 7 heteroatoms. The molecule has 1 fully saturated rings. The number of nitrogens with zero attached hydrogens (tertiary/aromatic N) is 1. The van der Waals surface area contributed by atoms with Crippen LogP contribution < -0.4 is 10.6 Å². The predicted octanol–water partition coefficient (Wildman–Crippen LogP) is 3.39. The van der Waals surface area contributed by atoms with Crippen LogP contribution in [-0.2, 0) is 0 Å². The molecule has 0 radical (unpaired) electrons. The summed E-state index contributed by atoms with van der Waals surface area (Å²) in [7, 11) is 0. The fourth-order valence-corrected chi connectivity index (χ4v) is 2.94. The Hall–Kier alpha value is -2.96. The molecule has 1 atom stereocenters. The van der Waals surface area contributed by atoms with Crippen molar-refractivity contribution in [3.63, 3.8) is 0 Å². The molecule has 0 spiro atoms. The van der Waals surface area contributed by atoms with Crippen LogP contribution in [0.25, 0.3) is 0 Å². The second kappa shape index (κ2) is 7.95. The van der Waals surface area contributed by atoms with Crippen molar-refractivity contribution in [3.05, 3.63) is 65.7 Å². The van der Waals surface area contributed by atoms with Gasteiger partial charge in [0.25, 0.3) is 5.91 Å². The van der Waals surface area contributed by atoms with Crippen molar-refractivity contribution in [1.29, 1.82) is 0 Å². The second-order valence-corrected chi connectivity index (χ2v) is 6.20. The lowest BCUT2D eigenvalue weighted by atomic mass is 10.0. The Labute approximate surface area is 150 Å². The third-order valence-electron chi connectivity index (χ3n) is 4.24. The van der Waals surface area contributed by atoms with Gasteiger partial charge in [0.1, 0.15) is 11.6 Å². The molecule has 0 saturated carbocycles. The normalized spacial score (nSPS) is 16.8. The Morgan fingerprint density at radius 3 is 2.23 bits per heavy atom. The highest BCUT2D eigenvalue weighted by Crippen LogP contribution is 2.15. The summed E-state index contributed by atoms with van der Waals surface area (Å²) in [6.45, 7) is 0.973. The van der Waals surface area contributed by atoms with Gasteiger partial charge in [-0.2, -0.15) is 0 Å². The van der Waals surface area contributed by atoms with Gasteiger partial charge < -0.3 is 15.5 Å². The van der Waals surface area contributed by atoms with Gasteiger partial charge in [0.2, 0.25) is 0 Å². The molecule has 136 valence electrons. The molecule has 1 unspecified atom stereocenters. The number of carbonyl (C=O) groups is 2. The Bertz CT molecular complexity index is 778. The van der Waals surface area contributed by atoms with Gasteiger partial charge >= 0.3 is 6.03 Å². The second-order valence-electron chi connectivity index (χ2n) is 6.20. The number of nitrogens with one attached hydrogen (secondary N) is 2. The molecule has 2 aromatic rings. The summed E-state index contributed by atoms with van der Waals surface area (Å²) in [5, 5.41) is 5.47. The first kappa shape index (κ1) is 17.8. The molecular weight excluding hydrogens is 340 g/mol. The molecule has 1 aliphatic rings. The van der Waals surface area contributed by atoms with E-state index in [1.807, 2.05) is 0 Å². The van der Waals surface area contributed by atoms with Gasteiger partial charge in [0, 0.05) is 30.4 Å². The van der Waals surface area contributed by atoms with Gasteiger partial charge in [-0.15, -0.1) is 0 Å². The summed E-state index contributed by atoms with van der Waals surface area (Å²) in [6.07, 6.45) is 1.51. The molecule has 3 amide bonds. The van der Waals surface area contributed by atoms with Crippen LogP contribution in [-0.4, -0.2) is 36.0 Å². The predicted molar refractivity (Wildman–Crippen MR) is 93.9 cm³/mol. The standard InChI is InChI=1S/C19H19F2N3O2/c20-14-5-3-13(4-6-14)18(25)24-11-1-2-17(12-24)23-19(26)22-16-9-7-15(21)8-10-16/h3-10,17H,1-2,11-12H2,(H2,22,23,26). The molecule has 2 N–H and O–H groups in total. The van der Waals surface area contributed by atoms with Crippen LogP contribution >= 0.6 is 0 Å². The minimum Gasteiger partial charge on any atom is -0.337 e. The molecule has 2 aromatic carbocycles. The van der Waals surface area contributed by atoms with Crippen LogP contribution in [0.1, 0.15) is 23.2 Å². The Kier molecular flexibility index (Phi) is 5.46. The quantitative estimate of drug-likeness (QED) is 0.882. The molecule has 0 aliphatic carbocycles. The number of piperidine rings is 1. The number of amides is 3. The van der Waals surface area contributed by atoms with Gasteiger partial charge in [0.05, 0.1) is 0 Å². The van der Waals surface area contributed by atoms with Crippen molar-refractivity contribution in [2.75, 3.05) is 18.4 Å². The summed E-state index contributed by atoms with van der Waals surface area (Å²) in [6, 6.07) is 10.3. The van der Waals surface area contributed by atoms with Crippen molar-refractivity contribution in [3.8, 4) is 0 Å². The number of carbonyl (C=O) groups excluding carboxylic acids is 2. The number of urea groups is 1. The maximum absolute atomic E-state index is 13.0. The van der Waals surface area contributed by atoms with Crippen LogP contribution in [0.4, 0.5) is 19.3 Å². The zero-order chi connectivity index (χ0) is 18.5. The Morgan fingerprint density at radius 2 is 1.58 bits per heavy atom. The maximum atomic E-state index is 13.0. The fraction of sp³-hybridized carbons (Fsp3) is 0.263. The molecule has 1 heterocycles. The largest absolute Gasteiger partial charge is 0.337 e. The van der Waals surface area contributed by atoms with Crippen molar-refractivity contribution in [2.45, 2.75) is 18.9 Å². The smallest absolute Gasteiger partial charge is 0.319 e. The van der Waals surface area contributed by atoms with E-state index in [1.165, 1.54) is 48.5 Å². The lowest BCUT2D eigenvalue weighted by Crippen LogP contribution is -2.50. The Balaban J connectivity index is 1.56. The third-order valence-corrected chi connectivity index (χ3v) is 4.24. The highest BCUT2D eigenvalue weighted by Gasteiger charge is 2.25. The molecule has 1 saturated heterocycles. The molecule has 5 nitrogen and oxygen atoms in total. The number of likely N-dealkylation sites (tertiary alicyclic amines) is 1. The average molecular weight is 359 g/mol. The van der Waals surface area contributed by atoms with Gasteiger partial charge in [-0.1, -0.05) is 0 Å².